The van der Waals surface area contributed by atoms with Crippen LogP contribution in [0.4, 0.5) is 0 Å². The van der Waals surface area contributed by atoms with Gasteiger partial charge in [-0.1, -0.05) is 18.2 Å². The molecule has 0 aliphatic carbocycles. The van der Waals surface area contributed by atoms with Gasteiger partial charge in [-0.3, -0.25) is 4.57 Å². The molecule has 2 heterocycles. The van der Waals surface area contributed by atoms with E-state index in [0.717, 1.165) is 16.7 Å². The molecule has 1 aromatic carbocycles. The van der Waals surface area contributed by atoms with E-state index in [-0.39, 0.29) is 0 Å². The summed E-state index contributed by atoms with van der Waals surface area (Å²) in [5.41, 5.74) is 2.99. The van der Waals surface area contributed by atoms with Crippen molar-refractivity contribution < 1.29 is 0 Å². The minimum Gasteiger partial charge on any atom is -0.300 e. The average Bonchev–Trinajstić information content (AvgIpc) is 2.85. The third kappa shape index (κ3) is 1.06. The summed E-state index contributed by atoms with van der Waals surface area (Å²) < 4.78 is 2.05. The van der Waals surface area contributed by atoms with Gasteiger partial charge in [0.05, 0.1) is 11.0 Å². The van der Waals surface area contributed by atoms with Crippen LogP contribution in [-0.4, -0.2) is 9.55 Å². The van der Waals surface area contributed by atoms with Crippen molar-refractivity contribution in [1.29, 1.82) is 0 Å². The van der Waals surface area contributed by atoms with E-state index in [4.69, 9.17) is 0 Å². The summed E-state index contributed by atoms with van der Waals surface area (Å²) in [4.78, 5) is 4.27. The highest BCUT2D eigenvalue weighted by Crippen LogP contribution is 2.19. The molecule has 14 heavy (non-hydrogen) atoms. The molecule has 0 bridgehead atoms. The molecule has 0 atom stereocenters. The molecule has 0 unspecified atom stereocenters. The number of para-hydroxylation sites is 1. The smallest absolute Gasteiger partial charge is 0.148 e. The maximum absolute atomic E-state index is 4.27. The van der Waals surface area contributed by atoms with Crippen LogP contribution in [-0.2, 0) is 0 Å². The van der Waals surface area contributed by atoms with E-state index >= 15 is 0 Å². The van der Waals surface area contributed by atoms with E-state index in [1.807, 2.05) is 33.8 Å². The van der Waals surface area contributed by atoms with Crippen LogP contribution in [0.15, 0.2) is 41.4 Å². The molecule has 2 aromatic heterocycles. The highest BCUT2D eigenvalue weighted by molar-refractivity contribution is 7.07. The molecule has 3 heteroatoms. The van der Waals surface area contributed by atoms with Gasteiger partial charge in [0.1, 0.15) is 5.82 Å². The van der Waals surface area contributed by atoms with Crippen LogP contribution in [0.25, 0.3) is 16.7 Å². The number of aromatic nitrogens is 2. The van der Waals surface area contributed by atoms with Gasteiger partial charge in [0, 0.05) is 23.0 Å². The Morgan fingerprint density at radius 3 is 3.07 bits per heavy atom. The summed E-state index contributed by atoms with van der Waals surface area (Å²) in [6, 6.07) is 11.4. The van der Waals surface area contributed by atoms with Crippen molar-refractivity contribution in [2.45, 2.75) is 0 Å². The van der Waals surface area contributed by atoms with Gasteiger partial charge in [-0.25, -0.2) is 4.98 Å². The van der Waals surface area contributed by atoms with Gasteiger partial charge < -0.3 is 0 Å². The molecule has 67 valence electrons. The first kappa shape index (κ1) is 7.76. The maximum atomic E-state index is 4.27. The lowest BCUT2D eigenvalue weighted by Crippen LogP contribution is -1.90. The second-order valence-corrected chi connectivity index (χ2v) is 3.73. The van der Waals surface area contributed by atoms with Crippen molar-refractivity contribution in [3.8, 4) is 5.82 Å². The van der Waals surface area contributed by atoms with Crippen molar-refractivity contribution in [3.05, 3.63) is 47.4 Å². The Morgan fingerprint density at radius 2 is 2.21 bits per heavy atom. The van der Waals surface area contributed by atoms with Gasteiger partial charge in [0.15, 0.2) is 0 Å². The van der Waals surface area contributed by atoms with Crippen molar-refractivity contribution >= 4 is 22.2 Å². The average molecular weight is 199 g/mol. The predicted octanol–water partition coefficient (Wildman–Crippen LogP) is 2.89. The van der Waals surface area contributed by atoms with E-state index in [9.17, 15) is 0 Å². The summed E-state index contributed by atoms with van der Waals surface area (Å²) in [5, 5.41) is 3.15. The number of hydrogen-bond donors (Lipinski definition) is 0. The third-order valence-electron chi connectivity index (χ3n) is 2.18. The quantitative estimate of drug-likeness (QED) is 0.589. The minimum absolute atomic E-state index is 0.965. The standard InChI is InChI=1S/C11H7N2S/c1-2-4-10-9(3-1)5-6-13(10)11-7-14-8-12-11/h1-4,6-8H. The van der Waals surface area contributed by atoms with Crippen LogP contribution in [0, 0.1) is 6.07 Å². The first-order valence-corrected chi connectivity index (χ1v) is 5.26. The normalized spacial score (nSPS) is 10.9. The van der Waals surface area contributed by atoms with Crippen molar-refractivity contribution in [3.63, 3.8) is 0 Å². The van der Waals surface area contributed by atoms with Crippen LogP contribution < -0.4 is 0 Å². The largest absolute Gasteiger partial charge is 0.300 e. The number of benzene rings is 1. The lowest BCUT2D eigenvalue weighted by molar-refractivity contribution is 1.07. The zero-order chi connectivity index (χ0) is 9.38. The lowest BCUT2D eigenvalue weighted by Gasteiger charge is -1.99. The van der Waals surface area contributed by atoms with Gasteiger partial charge in [-0.05, 0) is 6.07 Å². The van der Waals surface area contributed by atoms with Gasteiger partial charge in [0.2, 0.25) is 0 Å². The summed E-state index contributed by atoms with van der Waals surface area (Å²) in [5.74, 6) is 0.965. The van der Waals surface area contributed by atoms with Crippen molar-refractivity contribution in [1.82, 2.24) is 9.55 Å². The Bertz CT molecular complexity index is 551. The van der Waals surface area contributed by atoms with Crippen LogP contribution >= 0.6 is 11.3 Å². The zero-order valence-electron chi connectivity index (χ0n) is 7.34. The highest BCUT2D eigenvalue weighted by atomic mass is 32.1. The monoisotopic (exact) mass is 199 g/mol. The number of nitrogens with zero attached hydrogens (tertiary/aromatic N) is 2. The second-order valence-electron chi connectivity index (χ2n) is 3.01. The summed E-state index contributed by atoms with van der Waals surface area (Å²) >= 11 is 1.60. The Morgan fingerprint density at radius 1 is 1.29 bits per heavy atom. The number of hydrogen-bond acceptors (Lipinski definition) is 2. The first-order valence-electron chi connectivity index (χ1n) is 4.31. The SMILES string of the molecule is [c]1cn(-c2cscn2)c2ccccc12. The molecule has 0 aliphatic rings. The predicted molar refractivity (Wildman–Crippen MR) is 57.8 cm³/mol. The second kappa shape index (κ2) is 2.96. The van der Waals surface area contributed by atoms with Gasteiger partial charge in [-0.2, -0.15) is 0 Å². The highest BCUT2D eigenvalue weighted by Gasteiger charge is 2.02. The van der Waals surface area contributed by atoms with E-state index in [0.29, 0.717) is 0 Å². The molecule has 0 fully saturated rings. The van der Waals surface area contributed by atoms with E-state index in [2.05, 4.69) is 23.2 Å². The minimum atomic E-state index is 0.965. The summed E-state index contributed by atoms with van der Waals surface area (Å²) in [6.07, 6.45) is 1.93. The zero-order valence-corrected chi connectivity index (χ0v) is 8.16. The molecule has 2 nitrogen and oxygen atoms in total. The Balaban J connectivity index is 2.33. The maximum Gasteiger partial charge on any atom is 0.148 e. The Labute approximate surface area is 85.4 Å². The van der Waals surface area contributed by atoms with E-state index in [1.165, 1.54) is 0 Å². The molecule has 3 rings (SSSR count). The van der Waals surface area contributed by atoms with Crippen LogP contribution in [0.2, 0.25) is 0 Å². The third-order valence-corrected chi connectivity index (χ3v) is 2.75. The molecule has 3 aromatic rings. The van der Waals surface area contributed by atoms with E-state index in [1.54, 1.807) is 11.3 Å². The number of thiazole rings is 1. The fourth-order valence-electron chi connectivity index (χ4n) is 1.52. The van der Waals surface area contributed by atoms with Crippen LogP contribution in [0.3, 0.4) is 0 Å². The van der Waals surface area contributed by atoms with Gasteiger partial charge >= 0.3 is 0 Å². The molecule has 0 saturated heterocycles. The number of fused-ring (bicyclic) bond motifs is 1. The van der Waals surface area contributed by atoms with Crippen LogP contribution in [0.5, 0.6) is 0 Å². The van der Waals surface area contributed by atoms with Crippen LogP contribution in [0.1, 0.15) is 0 Å². The summed E-state index contributed by atoms with van der Waals surface area (Å²) in [7, 11) is 0. The first-order chi connectivity index (χ1) is 6.95. The fraction of sp³-hybridized carbons (Fsp3) is 0. The van der Waals surface area contributed by atoms with Gasteiger partial charge in [-0.15, -0.1) is 11.3 Å². The number of rotatable bonds is 1. The Kier molecular flexibility index (Phi) is 1.64. The molecule has 0 saturated carbocycles. The van der Waals surface area contributed by atoms with Gasteiger partial charge in [0.25, 0.3) is 0 Å². The topological polar surface area (TPSA) is 17.8 Å². The molecule has 0 spiro atoms. The summed E-state index contributed by atoms with van der Waals surface area (Å²) in [6.45, 7) is 0. The van der Waals surface area contributed by atoms with Crippen molar-refractivity contribution in [2.24, 2.45) is 0 Å². The Hall–Kier alpha value is -1.61. The fourth-order valence-corrected chi connectivity index (χ4v) is 2.05. The van der Waals surface area contributed by atoms with E-state index < -0.39 is 0 Å². The molecular formula is C11H7N2S. The molecular weight excluding hydrogens is 192 g/mol. The van der Waals surface area contributed by atoms with Crippen molar-refractivity contribution in [2.75, 3.05) is 0 Å². The molecule has 1 radical (unpaired) electrons. The molecule has 0 aliphatic heterocycles. The molecule has 0 N–H and O–H groups in total. The molecule has 0 amide bonds. The lowest BCUT2D eigenvalue weighted by atomic mass is 10.2.